The van der Waals surface area contributed by atoms with Crippen LogP contribution in [0.4, 0.5) is 5.13 Å². The molecular weight excluding hydrogens is 180 g/mol. The van der Waals surface area contributed by atoms with Crippen LogP contribution in [0.1, 0.15) is 24.1 Å². The fourth-order valence-electron chi connectivity index (χ4n) is 1.52. The summed E-state index contributed by atoms with van der Waals surface area (Å²) in [7, 11) is 0. The Hall–Kier alpha value is -0.830. The van der Waals surface area contributed by atoms with E-state index >= 15 is 0 Å². The van der Waals surface area contributed by atoms with E-state index in [1.807, 2.05) is 6.20 Å². The number of rotatable bonds is 2. The average Bonchev–Trinajstić information content (AvgIpc) is 2.53. The monoisotopic (exact) mass is 194 g/mol. The summed E-state index contributed by atoms with van der Waals surface area (Å²) in [5.41, 5.74) is 0. The van der Waals surface area contributed by atoms with Crippen LogP contribution in [-0.2, 0) is 0 Å². The highest BCUT2D eigenvalue weighted by Crippen LogP contribution is 2.21. The first-order valence-electron chi connectivity index (χ1n) is 4.68. The van der Waals surface area contributed by atoms with Gasteiger partial charge in [0, 0.05) is 17.1 Å². The number of thiazole rings is 1. The number of allylic oxidation sites excluding steroid dienone is 1. The lowest BCUT2D eigenvalue weighted by atomic mass is 10.0. The van der Waals surface area contributed by atoms with Crippen LogP contribution in [0.3, 0.4) is 0 Å². The number of nitrogens with zero attached hydrogens (tertiary/aromatic N) is 1. The van der Waals surface area contributed by atoms with Crippen molar-refractivity contribution in [3.8, 4) is 0 Å². The minimum absolute atomic E-state index is 0.593. The van der Waals surface area contributed by atoms with Crippen molar-refractivity contribution in [3.05, 3.63) is 23.2 Å². The van der Waals surface area contributed by atoms with E-state index in [4.69, 9.17) is 0 Å². The zero-order valence-corrected chi connectivity index (χ0v) is 8.60. The lowest BCUT2D eigenvalue weighted by Gasteiger charge is -2.18. The summed E-state index contributed by atoms with van der Waals surface area (Å²) in [6, 6.07) is 0.593. The summed E-state index contributed by atoms with van der Waals surface area (Å²) in [6.45, 7) is 2.09. The Morgan fingerprint density at radius 1 is 1.54 bits per heavy atom. The second-order valence-corrected chi connectivity index (χ2v) is 4.64. The Morgan fingerprint density at radius 3 is 3.08 bits per heavy atom. The van der Waals surface area contributed by atoms with Gasteiger partial charge in [-0.15, -0.1) is 11.3 Å². The van der Waals surface area contributed by atoms with Gasteiger partial charge in [0.15, 0.2) is 5.13 Å². The summed E-state index contributed by atoms with van der Waals surface area (Å²) in [5.74, 6) is 0. The second-order valence-electron chi connectivity index (χ2n) is 3.40. The van der Waals surface area contributed by atoms with Gasteiger partial charge in [0.25, 0.3) is 0 Å². The predicted octanol–water partition coefficient (Wildman–Crippen LogP) is 2.97. The van der Waals surface area contributed by atoms with E-state index in [1.54, 1.807) is 11.3 Å². The zero-order chi connectivity index (χ0) is 9.10. The molecule has 0 amide bonds. The normalized spacial score (nSPS) is 21.8. The Kier molecular flexibility index (Phi) is 2.64. The van der Waals surface area contributed by atoms with E-state index in [9.17, 15) is 0 Å². The molecule has 1 aromatic heterocycles. The van der Waals surface area contributed by atoms with Crippen LogP contribution in [0.5, 0.6) is 0 Å². The van der Waals surface area contributed by atoms with Crippen molar-refractivity contribution < 1.29 is 0 Å². The fourth-order valence-corrected chi connectivity index (χ4v) is 2.26. The topological polar surface area (TPSA) is 24.9 Å². The first-order valence-corrected chi connectivity index (χ1v) is 5.50. The highest BCUT2D eigenvalue weighted by atomic mass is 32.1. The summed E-state index contributed by atoms with van der Waals surface area (Å²) in [4.78, 5) is 5.57. The summed E-state index contributed by atoms with van der Waals surface area (Å²) < 4.78 is 0. The fraction of sp³-hybridized carbons (Fsp3) is 0.500. The standard InChI is InChI=1S/C10H14N2S/c1-8-7-11-10(13-8)12-9-5-3-2-4-6-9/h2-3,7,9H,4-6H2,1H3,(H,11,12). The molecule has 1 N–H and O–H groups in total. The first kappa shape index (κ1) is 8.75. The quantitative estimate of drug-likeness (QED) is 0.732. The first-order chi connectivity index (χ1) is 6.34. The average molecular weight is 194 g/mol. The maximum Gasteiger partial charge on any atom is 0.183 e. The molecule has 0 spiro atoms. The van der Waals surface area contributed by atoms with E-state index in [0.717, 1.165) is 11.6 Å². The lowest BCUT2D eigenvalue weighted by Crippen LogP contribution is -2.19. The molecular formula is C10H14N2S. The van der Waals surface area contributed by atoms with Crippen LogP contribution in [0.15, 0.2) is 18.3 Å². The maximum atomic E-state index is 4.29. The van der Waals surface area contributed by atoms with Crippen molar-refractivity contribution in [1.29, 1.82) is 0 Å². The molecule has 0 saturated heterocycles. The van der Waals surface area contributed by atoms with E-state index < -0.39 is 0 Å². The molecule has 1 heterocycles. The molecule has 3 heteroatoms. The van der Waals surface area contributed by atoms with Crippen LogP contribution in [0.25, 0.3) is 0 Å². The van der Waals surface area contributed by atoms with Crippen LogP contribution >= 0.6 is 11.3 Å². The molecule has 0 saturated carbocycles. The molecule has 0 bridgehead atoms. The molecule has 1 aromatic rings. The SMILES string of the molecule is Cc1cnc(NC2CC=CCC2)s1. The van der Waals surface area contributed by atoms with Crippen molar-refractivity contribution >= 4 is 16.5 Å². The highest BCUT2D eigenvalue weighted by molar-refractivity contribution is 7.15. The molecule has 70 valence electrons. The molecule has 2 nitrogen and oxygen atoms in total. The molecule has 1 aliphatic rings. The minimum atomic E-state index is 0.593. The smallest absolute Gasteiger partial charge is 0.183 e. The minimum Gasteiger partial charge on any atom is -0.358 e. The van der Waals surface area contributed by atoms with Crippen LogP contribution < -0.4 is 5.32 Å². The summed E-state index contributed by atoms with van der Waals surface area (Å²) in [5, 5.41) is 4.53. The van der Waals surface area contributed by atoms with Gasteiger partial charge in [-0.3, -0.25) is 0 Å². The lowest BCUT2D eigenvalue weighted by molar-refractivity contribution is 0.644. The molecule has 1 unspecified atom stereocenters. The van der Waals surface area contributed by atoms with Gasteiger partial charge in [-0.2, -0.15) is 0 Å². The molecule has 1 aliphatic carbocycles. The zero-order valence-electron chi connectivity index (χ0n) is 7.79. The second kappa shape index (κ2) is 3.92. The van der Waals surface area contributed by atoms with Gasteiger partial charge in [0.2, 0.25) is 0 Å². The van der Waals surface area contributed by atoms with Crippen molar-refractivity contribution in [2.75, 3.05) is 5.32 Å². The molecule has 0 aromatic carbocycles. The maximum absolute atomic E-state index is 4.29. The van der Waals surface area contributed by atoms with Gasteiger partial charge in [0.1, 0.15) is 0 Å². The third-order valence-electron chi connectivity index (χ3n) is 2.22. The Balaban J connectivity index is 1.94. The van der Waals surface area contributed by atoms with Gasteiger partial charge in [0.05, 0.1) is 0 Å². The van der Waals surface area contributed by atoms with Crippen molar-refractivity contribution in [3.63, 3.8) is 0 Å². The van der Waals surface area contributed by atoms with Gasteiger partial charge in [-0.25, -0.2) is 4.98 Å². The van der Waals surface area contributed by atoms with E-state index in [-0.39, 0.29) is 0 Å². The predicted molar refractivity (Wildman–Crippen MR) is 57.3 cm³/mol. The van der Waals surface area contributed by atoms with Crippen LogP contribution in [0.2, 0.25) is 0 Å². The molecule has 0 aliphatic heterocycles. The van der Waals surface area contributed by atoms with E-state index in [1.165, 1.54) is 17.7 Å². The third kappa shape index (κ3) is 2.31. The Bertz CT molecular complexity index is 304. The van der Waals surface area contributed by atoms with Gasteiger partial charge >= 0.3 is 0 Å². The van der Waals surface area contributed by atoms with E-state index in [0.29, 0.717) is 6.04 Å². The Labute approximate surface area is 82.7 Å². The number of hydrogen-bond donors (Lipinski definition) is 1. The van der Waals surface area contributed by atoms with Gasteiger partial charge < -0.3 is 5.32 Å². The van der Waals surface area contributed by atoms with Crippen LogP contribution in [-0.4, -0.2) is 11.0 Å². The number of aromatic nitrogens is 1. The number of anilines is 1. The highest BCUT2D eigenvalue weighted by Gasteiger charge is 2.10. The molecule has 13 heavy (non-hydrogen) atoms. The number of hydrogen-bond acceptors (Lipinski definition) is 3. The third-order valence-corrected chi connectivity index (χ3v) is 3.06. The molecule has 0 radical (unpaired) electrons. The molecule has 0 fully saturated rings. The molecule has 1 atom stereocenters. The summed E-state index contributed by atoms with van der Waals surface area (Å²) in [6.07, 6.45) is 9.99. The van der Waals surface area contributed by atoms with Crippen molar-refractivity contribution in [2.24, 2.45) is 0 Å². The van der Waals surface area contributed by atoms with Gasteiger partial charge in [-0.1, -0.05) is 12.2 Å². The van der Waals surface area contributed by atoms with Crippen molar-refractivity contribution in [2.45, 2.75) is 32.2 Å². The van der Waals surface area contributed by atoms with Gasteiger partial charge in [-0.05, 0) is 26.2 Å². The summed E-state index contributed by atoms with van der Waals surface area (Å²) >= 11 is 1.74. The van der Waals surface area contributed by atoms with Crippen molar-refractivity contribution in [1.82, 2.24) is 4.98 Å². The molecule has 2 rings (SSSR count). The number of nitrogens with one attached hydrogen (secondary N) is 1. The van der Waals surface area contributed by atoms with Crippen LogP contribution in [0, 0.1) is 6.92 Å². The Morgan fingerprint density at radius 2 is 2.46 bits per heavy atom. The largest absolute Gasteiger partial charge is 0.358 e. The number of aryl methyl sites for hydroxylation is 1. The van der Waals surface area contributed by atoms with E-state index in [2.05, 4.69) is 29.4 Å².